The van der Waals surface area contributed by atoms with Gasteiger partial charge in [-0.15, -0.1) is 16.4 Å². The normalized spacial score (nSPS) is 11.0. The number of hydrogen-bond donors (Lipinski definition) is 1. The van der Waals surface area contributed by atoms with E-state index in [4.69, 9.17) is 0 Å². The Morgan fingerprint density at radius 2 is 2.00 bits per heavy atom. The third-order valence-corrected chi connectivity index (χ3v) is 4.56. The van der Waals surface area contributed by atoms with Crippen molar-refractivity contribution in [1.82, 2.24) is 14.6 Å². The number of nitrogens with zero attached hydrogens (tertiary/aromatic N) is 3. The van der Waals surface area contributed by atoms with Gasteiger partial charge in [-0.2, -0.15) is 4.98 Å². The number of thiazole rings is 1. The summed E-state index contributed by atoms with van der Waals surface area (Å²) in [6.45, 7) is 2.03. The van der Waals surface area contributed by atoms with Crippen molar-refractivity contribution < 1.29 is 9.18 Å². The molecule has 0 aliphatic carbocycles. The molecule has 25 heavy (non-hydrogen) atoms. The number of benzene rings is 2. The minimum absolute atomic E-state index is 0.189. The molecular formula is C18H13FN4OS. The van der Waals surface area contributed by atoms with Gasteiger partial charge in [0.05, 0.1) is 5.69 Å². The molecule has 4 rings (SSSR count). The van der Waals surface area contributed by atoms with E-state index in [0.717, 1.165) is 11.3 Å². The molecule has 0 unspecified atom stereocenters. The second kappa shape index (κ2) is 6.10. The van der Waals surface area contributed by atoms with Crippen LogP contribution in [0, 0.1) is 12.7 Å². The summed E-state index contributed by atoms with van der Waals surface area (Å²) in [5.74, 6) is -0.725. The van der Waals surface area contributed by atoms with Crippen molar-refractivity contribution in [3.63, 3.8) is 0 Å². The fourth-order valence-electron chi connectivity index (χ4n) is 2.46. The average molecular weight is 352 g/mol. The summed E-state index contributed by atoms with van der Waals surface area (Å²) in [4.78, 5) is 17.2. The first kappa shape index (κ1) is 15.5. The number of hydrogen-bond acceptors (Lipinski definition) is 4. The SMILES string of the molecule is Cc1ccc(-c2csc3nc(NC(=O)c4cccc(F)c4)nn23)cc1. The van der Waals surface area contributed by atoms with Crippen LogP contribution in [0.3, 0.4) is 0 Å². The number of nitrogens with one attached hydrogen (secondary N) is 1. The van der Waals surface area contributed by atoms with Crippen molar-refractivity contribution >= 4 is 28.2 Å². The number of aromatic nitrogens is 3. The number of carbonyl (C=O) groups is 1. The number of rotatable bonds is 3. The highest BCUT2D eigenvalue weighted by Crippen LogP contribution is 2.26. The molecule has 2 heterocycles. The van der Waals surface area contributed by atoms with E-state index in [1.807, 2.05) is 36.6 Å². The fraction of sp³-hybridized carbons (Fsp3) is 0.0556. The Balaban J connectivity index is 1.64. The number of fused-ring (bicyclic) bond motifs is 1. The monoisotopic (exact) mass is 352 g/mol. The maximum atomic E-state index is 13.2. The van der Waals surface area contributed by atoms with Gasteiger partial charge in [0.1, 0.15) is 5.82 Å². The second-order valence-electron chi connectivity index (χ2n) is 5.58. The lowest BCUT2D eigenvalue weighted by atomic mass is 10.1. The summed E-state index contributed by atoms with van der Waals surface area (Å²) in [6.07, 6.45) is 0. The van der Waals surface area contributed by atoms with E-state index in [9.17, 15) is 9.18 Å². The van der Waals surface area contributed by atoms with E-state index >= 15 is 0 Å². The van der Waals surface area contributed by atoms with E-state index in [0.29, 0.717) is 4.96 Å². The summed E-state index contributed by atoms with van der Waals surface area (Å²) >= 11 is 1.44. The number of amides is 1. The third-order valence-electron chi connectivity index (χ3n) is 3.74. The van der Waals surface area contributed by atoms with Crippen molar-refractivity contribution in [3.05, 3.63) is 70.9 Å². The third kappa shape index (κ3) is 3.01. The van der Waals surface area contributed by atoms with Gasteiger partial charge in [0.2, 0.25) is 4.96 Å². The molecule has 0 spiro atoms. The number of anilines is 1. The molecule has 2 aromatic heterocycles. The van der Waals surface area contributed by atoms with Crippen LogP contribution in [0.15, 0.2) is 53.9 Å². The fourth-order valence-corrected chi connectivity index (χ4v) is 3.29. The lowest BCUT2D eigenvalue weighted by molar-refractivity contribution is 0.102. The molecule has 7 heteroatoms. The minimum Gasteiger partial charge on any atom is -0.289 e. The lowest BCUT2D eigenvalue weighted by Crippen LogP contribution is -2.13. The first-order chi connectivity index (χ1) is 12.1. The predicted molar refractivity (Wildman–Crippen MR) is 95.4 cm³/mol. The summed E-state index contributed by atoms with van der Waals surface area (Å²) in [7, 11) is 0. The van der Waals surface area contributed by atoms with E-state index in [-0.39, 0.29) is 11.5 Å². The molecule has 0 fully saturated rings. The Labute approximate surface area is 146 Å². The molecule has 0 saturated carbocycles. The molecule has 1 amide bonds. The van der Waals surface area contributed by atoms with Gasteiger partial charge in [0.25, 0.3) is 11.9 Å². The van der Waals surface area contributed by atoms with E-state index < -0.39 is 11.7 Å². The lowest BCUT2D eigenvalue weighted by Gasteiger charge is -2.01. The van der Waals surface area contributed by atoms with Crippen LogP contribution in [0.2, 0.25) is 0 Å². The zero-order valence-corrected chi connectivity index (χ0v) is 14.0. The van der Waals surface area contributed by atoms with Crippen LogP contribution >= 0.6 is 11.3 Å². The standard InChI is InChI=1S/C18H13FN4OS/c1-11-5-7-12(8-6-11)15-10-25-18-21-17(22-23(15)18)20-16(24)13-3-2-4-14(19)9-13/h2-10H,1H3,(H,20,22,24). The predicted octanol–water partition coefficient (Wildman–Crippen LogP) is 4.16. The van der Waals surface area contributed by atoms with Gasteiger partial charge in [-0.05, 0) is 25.1 Å². The first-order valence-corrected chi connectivity index (χ1v) is 8.46. The Hall–Kier alpha value is -3.06. The second-order valence-corrected chi connectivity index (χ2v) is 6.42. The van der Waals surface area contributed by atoms with Gasteiger partial charge in [0, 0.05) is 16.5 Å². The van der Waals surface area contributed by atoms with Crippen LogP contribution in [0.25, 0.3) is 16.2 Å². The van der Waals surface area contributed by atoms with Gasteiger partial charge >= 0.3 is 0 Å². The molecule has 124 valence electrons. The number of carbonyl (C=O) groups excluding carboxylic acids is 1. The Kier molecular flexibility index (Phi) is 3.77. The Morgan fingerprint density at radius 1 is 1.20 bits per heavy atom. The van der Waals surface area contributed by atoms with E-state index in [2.05, 4.69) is 15.4 Å². The molecule has 5 nitrogen and oxygen atoms in total. The molecule has 0 bridgehead atoms. The summed E-state index contributed by atoms with van der Waals surface area (Å²) in [5.41, 5.74) is 3.32. The Bertz CT molecular complexity index is 1070. The Morgan fingerprint density at radius 3 is 2.76 bits per heavy atom. The van der Waals surface area contributed by atoms with Crippen molar-refractivity contribution in [3.8, 4) is 11.3 Å². The van der Waals surface area contributed by atoms with Gasteiger partial charge in [-0.3, -0.25) is 10.1 Å². The molecule has 0 aliphatic heterocycles. The van der Waals surface area contributed by atoms with Gasteiger partial charge in [-0.1, -0.05) is 35.9 Å². The average Bonchev–Trinajstić information content (AvgIpc) is 3.16. The van der Waals surface area contributed by atoms with Crippen LogP contribution in [-0.2, 0) is 0 Å². The van der Waals surface area contributed by atoms with Crippen LogP contribution in [-0.4, -0.2) is 20.5 Å². The topological polar surface area (TPSA) is 59.3 Å². The van der Waals surface area contributed by atoms with Crippen molar-refractivity contribution in [1.29, 1.82) is 0 Å². The number of halogens is 1. The van der Waals surface area contributed by atoms with Gasteiger partial charge in [0.15, 0.2) is 0 Å². The van der Waals surface area contributed by atoms with E-state index in [1.54, 1.807) is 4.52 Å². The van der Waals surface area contributed by atoms with Gasteiger partial charge < -0.3 is 0 Å². The molecule has 2 aromatic carbocycles. The van der Waals surface area contributed by atoms with E-state index in [1.165, 1.54) is 41.2 Å². The highest BCUT2D eigenvalue weighted by atomic mass is 32.1. The minimum atomic E-state index is -0.465. The van der Waals surface area contributed by atoms with Crippen LogP contribution < -0.4 is 5.32 Å². The van der Waals surface area contributed by atoms with Crippen molar-refractivity contribution in [2.75, 3.05) is 5.32 Å². The van der Waals surface area contributed by atoms with Crippen LogP contribution in [0.4, 0.5) is 10.3 Å². The molecule has 0 aliphatic rings. The highest BCUT2D eigenvalue weighted by molar-refractivity contribution is 7.15. The molecule has 0 radical (unpaired) electrons. The molecule has 0 saturated heterocycles. The zero-order chi connectivity index (χ0) is 17.4. The molecular weight excluding hydrogens is 339 g/mol. The molecule has 4 aromatic rings. The zero-order valence-electron chi connectivity index (χ0n) is 13.2. The van der Waals surface area contributed by atoms with Gasteiger partial charge in [-0.25, -0.2) is 8.91 Å². The maximum absolute atomic E-state index is 13.2. The quantitative estimate of drug-likeness (QED) is 0.602. The van der Waals surface area contributed by atoms with Crippen molar-refractivity contribution in [2.45, 2.75) is 6.92 Å². The number of aryl methyl sites for hydroxylation is 1. The summed E-state index contributed by atoms with van der Waals surface area (Å²) in [5, 5.41) is 8.93. The van der Waals surface area contributed by atoms with Crippen LogP contribution in [0.1, 0.15) is 15.9 Å². The maximum Gasteiger partial charge on any atom is 0.258 e. The summed E-state index contributed by atoms with van der Waals surface area (Å²) < 4.78 is 14.9. The molecule has 1 N–H and O–H groups in total. The largest absolute Gasteiger partial charge is 0.289 e. The van der Waals surface area contributed by atoms with Crippen LogP contribution in [0.5, 0.6) is 0 Å². The first-order valence-electron chi connectivity index (χ1n) is 7.58. The highest BCUT2D eigenvalue weighted by Gasteiger charge is 2.14. The smallest absolute Gasteiger partial charge is 0.258 e. The molecule has 0 atom stereocenters. The summed E-state index contributed by atoms with van der Waals surface area (Å²) in [6, 6.07) is 13.6. The van der Waals surface area contributed by atoms with Crippen molar-refractivity contribution in [2.24, 2.45) is 0 Å².